The highest BCUT2D eigenvalue weighted by Gasteiger charge is 2.56. The first-order valence-corrected chi connectivity index (χ1v) is 10.1. The Bertz CT molecular complexity index is 577. The highest BCUT2D eigenvalue weighted by molar-refractivity contribution is 5.38. The third kappa shape index (κ3) is 2.22. The summed E-state index contributed by atoms with van der Waals surface area (Å²) in [6.45, 7) is 7.54. The number of hydrogen-bond donors (Lipinski definition) is 2. The van der Waals surface area contributed by atoms with E-state index in [1.165, 1.54) is 31.3 Å². The SMILES string of the molecule is CC(CO)[C@H]1CC[C@H]2C3=CC=C4CC(O)CC[C@]4(C)[C@H]3CC[C@]12C. The van der Waals surface area contributed by atoms with Crippen molar-refractivity contribution in [3.8, 4) is 0 Å². The molecule has 4 aliphatic rings. The van der Waals surface area contributed by atoms with Crippen LogP contribution in [0.3, 0.4) is 0 Å². The zero-order valence-electron chi connectivity index (χ0n) is 15.6. The second kappa shape index (κ2) is 5.71. The van der Waals surface area contributed by atoms with Crippen LogP contribution in [0.1, 0.15) is 65.7 Å². The van der Waals surface area contributed by atoms with Crippen molar-refractivity contribution in [1.29, 1.82) is 0 Å². The van der Waals surface area contributed by atoms with Gasteiger partial charge in [0, 0.05) is 6.61 Å². The molecule has 0 aromatic rings. The highest BCUT2D eigenvalue weighted by atomic mass is 16.3. The van der Waals surface area contributed by atoms with Crippen molar-refractivity contribution in [1.82, 2.24) is 0 Å². The third-order valence-electron chi connectivity index (χ3n) is 8.59. The topological polar surface area (TPSA) is 40.5 Å². The minimum Gasteiger partial charge on any atom is -0.396 e. The monoisotopic (exact) mass is 330 g/mol. The Morgan fingerprint density at radius 2 is 1.88 bits per heavy atom. The molecule has 3 fully saturated rings. The van der Waals surface area contributed by atoms with E-state index in [1.807, 2.05) is 0 Å². The van der Waals surface area contributed by atoms with Gasteiger partial charge in [-0.3, -0.25) is 0 Å². The van der Waals surface area contributed by atoms with Crippen LogP contribution < -0.4 is 0 Å². The van der Waals surface area contributed by atoms with Crippen molar-refractivity contribution in [2.24, 2.45) is 34.5 Å². The van der Waals surface area contributed by atoms with Gasteiger partial charge in [-0.1, -0.05) is 44.1 Å². The Morgan fingerprint density at radius 3 is 2.62 bits per heavy atom. The lowest BCUT2D eigenvalue weighted by atomic mass is 9.50. The molecular formula is C22H34O2. The van der Waals surface area contributed by atoms with Crippen LogP contribution in [0.25, 0.3) is 0 Å². The van der Waals surface area contributed by atoms with Crippen molar-refractivity contribution < 1.29 is 10.2 Å². The maximum absolute atomic E-state index is 10.1. The zero-order chi connectivity index (χ0) is 17.1. The molecule has 2 N–H and O–H groups in total. The second-order valence-corrected chi connectivity index (χ2v) is 9.67. The quantitative estimate of drug-likeness (QED) is 0.784. The van der Waals surface area contributed by atoms with Gasteiger partial charge in [-0.25, -0.2) is 0 Å². The van der Waals surface area contributed by atoms with Crippen LogP contribution >= 0.6 is 0 Å². The first-order chi connectivity index (χ1) is 11.4. The van der Waals surface area contributed by atoms with E-state index in [-0.39, 0.29) is 11.5 Å². The molecule has 2 heteroatoms. The average molecular weight is 331 g/mol. The molecule has 2 nitrogen and oxygen atoms in total. The predicted octanol–water partition coefficient (Wildman–Crippen LogP) is 4.47. The standard InChI is InChI=1S/C22H34O2/c1-14(13-23)18-6-7-19-17-5-4-15-12-16(24)8-10-21(15,2)20(17)9-11-22(18,19)3/h4-5,14,16,18-20,23-24H,6-13H2,1-3H3/t14?,16?,18-,19+,20+,21+,22-/m1/s1. The van der Waals surface area contributed by atoms with Crippen LogP contribution in [0.2, 0.25) is 0 Å². The molecule has 0 spiro atoms. The Labute approximate surface area is 147 Å². The lowest BCUT2D eigenvalue weighted by molar-refractivity contribution is 0.0247. The summed E-state index contributed by atoms with van der Waals surface area (Å²) in [5.41, 5.74) is 3.86. The van der Waals surface area contributed by atoms with Crippen LogP contribution in [-0.2, 0) is 0 Å². The molecule has 0 heterocycles. The van der Waals surface area contributed by atoms with Gasteiger partial charge >= 0.3 is 0 Å². The molecule has 0 bridgehead atoms. The van der Waals surface area contributed by atoms with E-state index in [9.17, 15) is 10.2 Å². The number of hydrogen-bond acceptors (Lipinski definition) is 2. The number of aliphatic hydroxyl groups excluding tert-OH is 2. The van der Waals surface area contributed by atoms with Gasteiger partial charge in [-0.2, -0.15) is 0 Å². The van der Waals surface area contributed by atoms with E-state index < -0.39 is 0 Å². The summed E-state index contributed by atoms with van der Waals surface area (Å²) in [6.07, 6.45) is 12.8. The van der Waals surface area contributed by atoms with Gasteiger partial charge in [0.05, 0.1) is 6.10 Å². The van der Waals surface area contributed by atoms with E-state index in [2.05, 4.69) is 32.9 Å². The summed E-state index contributed by atoms with van der Waals surface area (Å²) >= 11 is 0. The largest absolute Gasteiger partial charge is 0.396 e. The van der Waals surface area contributed by atoms with Crippen molar-refractivity contribution in [2.45, 2.75) is 71.8 Å². The molecule has 134 valence electrons. The molecule has 2 unspecified atom stereocenters. The minimum atomic E-state index is -0.130. The van der Waals surface area contributed by atoms with E-state index in [4.69, 9.17) is 0 Å². The Morgan fingerprint density at radius 1 is 1.08 bits per heavy atom. The van der Waals surface area contributed by atoms with Gasteiger partial charge in [-0.15, -0.1) is 0 Å². The van der Waals surface area contributed by atoms with Crippen molar-refractivity contribution in [3.63, 3.8) is 0 Å². The smallest absolute Gasteiger partial charge is 0.0578 e. The van der Waals surface area contributed by atoms with Gasteiger partial charge in [-0.05, 0) is 79.4 Å². The summed E-state index contributed by atoms with van der Waals surface area (Å²) in [4.78, 5) is 0. The minimum absolute atomic E-state index is 0.130. The Hall–Kier alpha value is -0.600. The lowest BCUT2D eigenvalue weighted by Gasteiger charge is -2.55. The fraction of sp³-hybridized carbons (Fsp3) is 0.818. The summed E-state index contributed by atoms with van der Waals surface area (Å²) in [5, 5.41) is 19.8. The second-order valence-electron chi connectivity index (χ2n) is 9.67. The van der Waals surface area contributed by atoms with E-state index in [1.54, 1.807) is 5.57 Å². The van der Waals surface area contributed by atoms with Crippen molar-refractivity contribution in [3.05, 3.63) is 23.3 Å². The molecule has 0 radical (unpaired) electrons. The molecule has 3 saturated carbocycles. The summed E-state index contributed by atoms with van der Waals surface area (Å²) in [5.74, 6) is 2.48. The third-order valence-corrected chi connectivity index (χ3v) is 8.59. The first kappa shape index (κ1) is 16.8. The Balaban J connectivity index is 1.68. The van der Waals surface area contributed by atoms with E-state index >= 15 is 0 Å². The normalized spacial score (nSPS) is 48.7. The van der Waals surface area contributed by atoms with Gasteiger partial charge in [0.25, 0.3) is 0 Å². The molecule has 4 rings (SSSR count). The lowest BCUT2D eigenvalue weighted by Crippen LogP contribution is -2.46. The van der Waals surface area contributed by atoms with Crippen LogP contribution in [0, 0.1) is 34.5 Å². The molecule has 0 aromatic carbocycles. The molecule has 0 amide bonds. The predicted molar refractivity (Wildman–Crippen MR) is 97.4 cm³/mol. The summed E-state index contributed by atoms with van der Waals surface area (Å²) in [6, 6.07) is 0. The van der Waals surface area contributed by atoms with Gasteiger partial charge < -0.3 is 10.2 Å². The molecule has 24 heavy (non-hydrogen) atoms. The van der Waals surface area contributed by atoms with E-state index in [0.29, 0.717) is 35.7 Å². The van der Waals surface area contributed by atoms with Crippen molar-refractivity contribution in [2.75, 3.05) is 6.61 Å². The van der Waals surface area contributed by atoms with Crippen LogP contribution in [0.4, 0.5) is 0 Å². The van der Waals surface area contributed by atoms with Crippen LogP contribution in [0.5, 0.6) is 0 Å². The fourth-order valence-electron chi connectivity index (χ4n) is 7.09. The zero-order valence-corrected chi connectivity index (χ0v) is 15.6. The number of rotatable bonds is 2. The van der Waals surface area contributed by atoms with Gasteiger partial charge in [0.15, 0.2) is 0 Å². The highest BCUT2D eigenvalue weighted by Crippen LogP contribution is 2.65. The Kier molecular flexibility index (Phi) is 4.01. The number of fused-ring (bicyclic) bond motifs is 5. The van der Waals surface area contributed by atoms with E-state index in [0.717, 1.165) is 19.3 Å². The molecule has 4 aliphatic carbocycles. The van der Waals surface area contributed by atoms with Crippen LogP contribution in [0.15, 0.2) is 23.3 Å². The fourth-order valence-corrected chi connectivity index (χ4v) is 7.09. The maximum atomic E-state index is 10.1. The molecule has 0 saturated heterocycles. The number of aliphatic hydroxyl groups is 2. The average Bonchev–Trinajstić information content (AvgIpc) is 2.92. The van der Waals surface area contributed by atoms with Gasteiger partial charge in [0.2, 0.25) is 0 Å². The van der Waals surface area contributed by atoms with Crippen molar-refractivity contribution >= 4 is 0 Å². The first-order valence-electron chi connectivity index (χ1n) is 10.1. The number of allylic oxidation sites excluding steroid dienone is 3. The van der Waals surface area contributed by atoms with Gasteiger partial charge in [0.1, 0.15) is 0 Å². The molecule has 0 aliphatic heterocycles. The van der Waals surface area contributed by atoms with Crippen LogP contribution in [-0.4, -0.2) is 22.9 Å². The molecule has 0 aromatic heterocycles. The maximum Gasteiger partial charge on any atom is 0.0578 e. The molecular weight excluding hydrogens is 296 g/mol. The molecule has 7 atom stereocenters. The summed E-state index contributed by atoms with van der Waals surface area (Å²) in [7, 11) is 0. The summed E-state index contributed by atoms with van der Waals surface area (Å²) < 4.78 is 0.